The maximum atomic E-state index is 12.6. The van der Waals surface area contributed by atoms with Gasteiger partial charge in [0.2, 0.25) is 5.88 Å². The highest BCUT2D eigenvalue weighted by atomic mass is 16.5. The van der Waals surface area contributed by atoms with Crippen molar-refractivity contribution in [3.8, 4) is 17.7 Å². The van der Waals surface area contributed by atoms with Crippen molar-refractivity contribution in [3.63, 3.8) is 0 Å². The molecule has 9 nitrogen and oxygen atoms in total. The van der Waals surface area contributed by atoms with Crippen LogP contribution in [-0.2, 0) is 16.1 Å². The molecular formula is C25H23N5O4. The summed E-state index contributed by atoms with van der Waals surface area (Å²) in [6, 6.07) is 15.0. The van der Waals surface area contributed by atoms with Crippen LogP contribution in [0.1, 0.15) is 35.3 Å². The summed E-state index contributed by atoms with van der Waals surface area (Å²) in [5.41, 5.74) is 2.91. The van der Waals surface area contributed by atoms with Crippen molar-refractivity contribution in [1.29, 1.82) is 5.26 Å². The lowest BCUT2D eigenvalue weighted by atomic mass is 10.1. The Morgan fingerprint density at radius 1 is 1.12 bits per heavy atom. The first-order valence-corrected chi connectivity index (χ1v) is 10.8. The molecule has 0 fully saturated rings. The van der Waals surface area contributed by atoms with E-state index in [9.17, 15) is 10.1 Å². The monoisotopic (exact) mass is 457 g/mol. The van der Waals surface area contributed by atoms with E-state index in [2.05, 4.69) is 21.5 Å². The first-order chi connectivity index (χ1) is 16.6. The molecule has 4 rings (SSSR count). The Morgan fingerprint density at radius 3 is 2.62 bits per heavy atom. The molecule has 0 saturated carbocycles. The molecule has 1 N–H and O–H groups in total. The highest BCUT2D eigenvalue weighted by molar-refractivity contribution is 5.97. The van der Waals surface area contributed by atoms with E-state index in [1.54, 1.807) is 36.0 Å². The van der Waals surface area contributed by atoms with Gasteiger partial charge < -0.3 is 19.5 Å². The number of anilines is 2. The van der Waals surface area contributed by atoms with Gasteiger partial charge in [0, 0.05) is 24.4 Å². The standard InChI is InChI=1S/C25H23N5O4/c1-3-32-16-21-20(25(31)33-4-2)15-30-24(21)23(17(12-26)13-28-30)29-18-10-11-22(27-14-18)34-19-8-6-5-7-9-19/h5-11,13-15,29H,3-4,16H2,1-2H3. The van der Waals surface area contributed by atoms with Crippen molar-refractivity contribution in [3.05, 3.63) is 77.7 Å². The van der Waals surface area contributed by atoms with E-state index in [4.69, 9.17) is 14.2 Å². The van der Waals surface area contributed by atoms with Crippen LogP contribution in [0.2, 0.25) is 0 Å². The molecular weight excluding hydrogens is 434 g/mol. The fraction of sp³-hybridized carbons (Fsp3) is 0.200. The highest BCUT2D eigenvalue weighted by Gasteiger charge is 2.23. The zero-order chi connectivity index (χ0) is 23.9. The number of carbonyl (C=O) groups excluding carboxylic acids is 1. The Morgan fingerprint density at radius 2 is 1.94 bits per heavy atom. The molecule has 0 unspecified atom stereocenters. The number of nitriles is 1. The number of pyridine rings is 1. The number of hydrogen-bond acceptors (Lipinski definition) is 8. The summed E-state index contributed by atoms with van der Waals surface area (Å²) in [6.07, 6.45) is 4.63. The van der Waals surface area contributed by atoms with Crippen molar-refractivity contribution < 1.29 is 19.0 Å². The zero-order valence-electron chi connectivity index (χ0n) is 18.8. The van der Waals surface area contributed by atoms with Crippen molar-refractivity contribution in [2.75, 3.05) is 18.5 Å². The SMILES string of the molecule is CCOCc1c(C(=O)OCC)cn2ncc(C#N)c(Nc3ccc(Oc4ccccc4)nc3)c12. The van der Waals surface area contributed by atoms with Gasteiger partial charge in [-0.1, -0.05) is 18.2 Å². The first-order valence-electron chi connectivity index (χ1n) is 10.8. The predicted octanol–water partition coefficient (Wildman–Crippen LogP) is 4.85. The number of fused-ring (bicyclic) bond motifs is 1. The summed E-state index contributed by atoms with van der Waals surface area (Å²) in [5, 5.41) is 17.3. The van der Waals surface area contributed by atoms with Crippen molar-refractivity contribution in [2.45, 2.75) is 20.5 Å². The molecule has 3 heterocycles. The van der Waals surface area contributed by atoms with Crippen molar-refractivity contribution >= 4 is 22.9 Å². The van der Waals surface area contributed by atoms with E-state index in [-0.39, 0.29) is 13.2 Å². The average molecular weight is 457 g/mol. The maximum Gasteiger partial charge on any atom is 0.340 e. The lowest BCUT2D eigenvalue weighted by Gasteiger charge is -2.13. The molecule has 0 bridgehead atoms. The van der Waals surface area contributed by atoms with E-state index in [1.165, 1.54) is 6.20 Å². The number of rotatable bonds is 9. The molecule has 0 radical (unpaired) electrons. The third-order valence-electron chi connectivity index (χ3n) is 4.95. The number of hydrogen-bond donors (Lipinski definition) is 1. The summed E-state index contributed by atoms with van der Waals surface area (Å²) < 4.78 is 18.1. The second kappa shape index (κ2) is 10.5. The van der Waals surface area contributed by atoms with Gasteiger partial charge in [0.25, 0.3) is 0 Å². The fourth-order valence-corrected chi connectivity index (χ4v) is 3.41. The molecule has 1 aromatic carbocycles. The maximum absolute atomic E-state index is 12.6. The van der Waals surface area contributed by atoms with Gasteiger partial charge in [-0.25, -0.2) is 14.3 Å². The van der Waals surface area contributed by atoms with Crippen molar-refractivity contribution in [1.82, 2.24) is 14.6 Å². The fourth-order valence-electron chi connectivity index (χ4n) is 3.41. The van der Waals surface area contributed by atoms with Crippen LogP contribution in [0.15, 0.2) is 61.1 Å². The summed E-state index contributed by atoms with van der Waals surface area (Å²) >= 11 is 0. The molecule has 0 amide bonds. The smallest absolute Gasteiger partial charge is 0.340 e. The molecule has 0 saturated heterocycles. The van der Waals surface area contributed by atoms with Crippen LogP contribution >= 0.6 is 0 Å². The van der Waals surface area contributed by atoms with Crippen LogP contribution in [0, 0.1) is 11.3 Å². The lowest BCUT2D eigenvalue weighted by Crippen LogP contribution is -2.07. The summed E-state index contributed by atoms with van der Waals surface area (Å²) in [4.78, 5) is 16.9. The third kappa shape index (κ3) is 4.82. The Bertz CT molecular complexity index is 1330. The average Bonchev–Trinajstić information content (AvgIpc) is 3.24. The number of nitrogens with one attached hydrogen (secondary N) is 1. The van der Waals surface area contributed by atoms with E-state index in [0.29, 0.717) is 51.8 Å². The minimum atomic E-state index is -0.476. The summed E-state index contributed by atoms with van der Waals surface area (Å²) in [6.45, 7) is 4.47. The molecule has 0 aliphatic heterocycles. The molecule has 3 aromatic heterocycles. The number of benzene rings is 1. The van der Waals surface area contributed by atoms with Gasteiger partial charge in [-0.3, -0.25) is 0 Å². The van der Waals surface area contributed by atoms with E-state index in [0.717, 1.165) is 0 Å². The van der Waals surface area contributed by atoms with E-state index in [1.807, 2.05) is 37.3 Å². The van der Waals surface area contributed by atoms with Crippen molar-refractivity contribution in [2.24, 2.45) is 0 Å². The van der Waals surface area contributed by atoms with Crippen LogP contribution in [0.5, 0.6) is 11.6 Å². The van der Waals surface area contributed by atoms with Crippen LogP contribution in [0.3, 0.4) is 0 Å². The van der Waals surface area contributed by atoms with Gasteiger partial charge in [0.05, 0.1) is 53.6 Å². The number of esters is 1. The highest BCUT2D eigenvalue weighted by Crippen LogP contribution is 2.32. The largest absolute Gasteiger partial charge is 0.462 e. The second-order valence-corrected chi connectivity index (χ2v) is 7.14. The number of aromatic nitrogens is 3. The zero-order valence-corrected chi connectivity index (χ0v) is 18.8. The topological polar surface area (TPSA) is 111 Å². The molecule has 9 heteroatoms. The molecule has 0 aliphatic carbocycles. The molecule has 0 aliphatic rings. The van der Waals surface area contributed by atoms with Gasteiger partial charge in [0.15, 0.2) is 0 Å². The van der Waals surface area contributed by atoms with Crippen LogP contribution < -0.4 is 10.1 Å². The first kappa shape index (κ1) is 22.8. The van der Waals surface area contributed by atoms with E-state index >= 15 is 0 Å². The van der Waals surface area contributed by atoms with Gasteiger partial charge in [-0.05, 0) is 32.0 Å². The van der Waals surface area contributed by atoms with Crippen LogP contribution in [0.4, 0.5) is 11.4 Å². The van der Waals surface area contributed by atoms with Gasteiger partial charge in [-0.2, -0.15) is 10.4 Å². The Labute approximate surface area is 196 Å². The van der Waals surface area contributed by atoms with Crippen LogP contribution in [0.25, 0.3) is 5.52 Å². The van der Waals surface area contributed by atoms with Gasteiger partial charge >= 0.3 is 5.97 Å². The molecule has 4 aromatic rings. The molecule has 0 atom stereocenters. The quantitative estimate of drug-likeness (QED) is 0.355. The number of carbonyl (C=O) groups is 1. The Balaban J connectivity index is 1.72. The molecule has 172 valence electrons. The minimum absolute atomic E-state index is 0.161. The number of para-hydroxylation sites is 1. The number of ether oxygens (including phenoxy) is 3. The van der Waals surface area contributed by atoms with Gasteiger partial charge in [-0.15, -0.1) is 0 Å². The number of nitrogens with zero attached hydrogens (tertiary/aromatic N) is 4. The summed E-state index contributed by atoms with van der Waals surface area (Å²) in [7, 11) is 0. The van der Waals surface area contributed by atoms with Crippen LogP contribution in [-0.4, -0.2) is 33.8 Å². The minimum Gasteiger partial charge on any atom is -0.462 e. The Kier molecular flexibility index (Phi) is 7.01. The third-order valence-corrected chi connectivity index (χ3v) is 4.95. The molecule has 34 heavy (non-hydrogen) atoms. The second-order valence-electron chi connectivity index (χ2n) is 7.14. The Hall–Kier alpha value is -4.42. The predicted molar refractivity (Wildman–Crippen MR) is 125 cm³/mol. The summed E-state index contributed by atoms with van der Waals surface area (Å²) in [5.74, 6) is 0.635. The normalized spacial score (nSPS) is 10.6. The lowest BCUT2D eigenvalue weighted by molar-refractivity contribution is 0.0520. The molecule has 0 spiro atoms. The van der Waals surface area contributed by atoms with E-state index < -0.39 is 5.97 Å². The van der Waals surface area contributed by atoms with Gasteiger partial charge in [0.1, 0.15) is 11.8 Å².